The molecule has 0 bridgehead atoms. The van der Waals surface area contributed by atoms with Gasteiger partial charge in [-0.05, 0) is 43.4 Å². The molecule has 2 N–H and O–H groups in total. The van der Waals surface area contributed by atoms with Crippen molar-refractivity contribution in [2.45, 2.75) is 26.3 Å². The molecule has 2 nitrogen and oxygen atoms in total. The fourth-order valence-electron chi connectivity index (χ4n) is 1.50. The van der Waals surface area contributed by atoms with Crippen LogP contribution in [0.4, 0.5) is 4.39 Å². The van der Waals surface area contributed by atoms with Crippen LogP contribution in [-0.2, 0) is 6.54 Å². The Morgan fingerprint density at radius 1 is 1.47 bits per heavy atom. The van der Waals surface area contributed by atoms with Gasteiger partial charge in [-0.3, -0.25) is 0 Å². The lowest BCUT2D eigenvalue weighted by Gasteiger charge is -2.10. The van der Waals surface area contributed by atoms with Crippen molar-refractivity contribution in [3.8, 4) is 5.75 Å². The number of hydrogen-bond acceptors (Lipinski definition) is 2. The van der Waals surface area contributed by atoms with E-state index in [0.717, 1.165) is 17.9 Å². The van der Waals surface area contributed by atoms with Crippen molar-refractivity contribution >= 4 is 0 Å². The molecule has 0 unspecified atom stereocenters. The minimum atomic E-state index is -0.242. The van der Waals surface area contributed by atoms with Crippen LogP contribution in [0.3, 0.4) is 0 Å². The number of nitrogens with two attached hydrogens (primary N) is 1. The van der Waals surface area contributed by atoms with Crippen molar-refractivity contribution in [2.24, 2.45) is 11.7 Å². The van der Waals surface area contributed by atoms with Crippen LogP contribution in [-0.4, -0.2) is 6.61 Å². The van der Waals surface area contributed by atoms with Crippen LogP contribution in [0, 0.1) is 18.7 Å². The Hall–Kier alpha value is -1.09. The number of hydrogen-bond donors (Lipinski definition) is 1. The monoisotopic (exact) mass is 209 g/mol. The Bertz CT molecular complexity index is 361. The van der Waals surface area contributed by atoms with Gasteiger partial charge in [-0.1, -0.05) is 0 Å². The number of rotatable bonds is 4. The summed E-state index contributed by atoms with van der Waals surface area (Å²) in [6, 6.07) is 3.21. The molecule has 3 heteroatoms. The zero-order valence-electron chi connectivity index (χ0n) is 8.92. The van der Waals surface area contributed by atoms with Gasteiger partial charge in [-0.15, -0.1) is 0 Å². The minimum absolute atomic E-state index is 0.214. The third-order valence-electron chi connectivity index (χ3n) is 2.74. The van der Waals surface area contributed by atoms with Crippen LogP contribution < -0.4 is 10.5 Å². The smallest absolute Gasteiger partial charge is 0.128 e. The van der Waals surface area contributed by atoms with E-state index >= 15 is 0 Å². The molecule has 1 aliphatic carbocycles. The van der Waals surface area contributed by atoms with Gasteiger partial charge in [0.1, 0.15) is 11.6 Å². The first kappa shape index (κ1) is 10.4. The number of benzene rings is 1. The molecular weight excluding hydrogens is 193 g/mol. The third-order valence-corrected chi connectivity index (χ3v) is 2.74. The SMILES string of the molecule is Cc1cc(F)c(CN)cc1OCC1CC1. The van der Waals surface area contributed by atoms with Gasteiger partial charge in [0.2, 0.25) is 0 Å². The molecule has 0 atom stereocenters. The molecular formula is C12H16FNO. The highest BCUT2D eigenvalue weighted by Crippen LogP contribution is 2.30. The fraction of sp³-hybridized carbons (Fsp3) is 0.500. The molecule has 0 spiro atoms. The average molecular weight is 209 g/mol. The maximum absolute atomic E-state index is 13.3. The van der Waals surface area contributed by atoms with Gasteiger partial charge < -0.3 is 10.5 Å². The zero-order chi connectivity index (χ0) is 10.8. The van der Waals surface area contributed by atoms with Gasteiger partial charge >= 0.3 is 0 Å². The van der Waals surface area contributed by atoms with Crippen molar-refractivity contribution in [1.82, 2.24) is 0 Å². The predicted octanol–water partition coefficient (Wildman–Crippen LogP) is 2.38. The Kier molecular flexibility index (Phi) is 2.91. The van der Waals surface area contributed by atoms with E-state index in [-0.39, 0.29) is 12.4 Å². The van der Waals surface area contributed by atoms with Gasteiger partial charge in [0.05, 0.1) is 6.61 Å². The highest BCUT2D eigenvalue weighted by Gasteiger charge is 2.22. The van der Waals surface area contributed by atoms with Gasteiger partial charge in [-0.2, -0.15) is 0 Å². The first-order valence-electron chi connectivity index (χ1n) is 5.32. The Balaban J connectivity index is 2.13. The van der Waals surface area contributed by atoms with E-state index in [1.807, 2.05) is 6.92 Å². The van der Waals surface area contributed by atoms with E-state index in [4.69, 9.17) is 10.5 Å². The topological polar surface area (TPSA) is 35.2 Å². The van der Waals surface area contributed by atoms with E-state index in [0.29, 0.717) is 11.5 Å². The van der Waals surface area contributed by atoms with Crippen molar-refractivity contribution in [3.63, 3.8) is 0 Å². The summed E-state index contributed by atoms with van der Waals surface area (Å²) >= 11 is 0. The lowest BCUT2D eigenvalue weighted by atomic mass is 10.1. The maximum Gasteiger partial charge on any atom is 0.128 e. The largest absolute Gasteiger partial charge is 0.493 e. The molecule has 0 saturated heterocycles. The van der Waals surface area contributed by atoms with E-state index in [2.05, 4.69) is 0 Å². The molecule has 0 aromatic heterocycles. The molecule has 0 aliphatic heterocycles. The quantitative estimate of drug-likeness (QED) is 0.826. The Labute approximate surface area is 89.2 Å². The minimum Gasteiger partial charge on any atom is -0.493 e. The molecule has 2 rings (SSSR count). The first-order valence-corrected chi connectivity index (χ1v) is 5.32. The molecule has 1 aromatic carbocycles. The van der Waals surface area contributed by atoms with Crippen LogP contribution in [0.15, 0.2) is 12.1 Å². The van der Waals surface area contributed by atoms with Gasteiger partial charge in [-0.25, -0.2) is 4.39 Å². The van der Waals surface area contributed by atoms with Gasteiger partial charge in [0, 0.05) is 12.1 Å². The predicted molar refractivity (Wildman–Crippen MR) is 57.2 cm³/mol. The lowest BCUT2D eigenvalue weighted by Crippen LogP contribution is -2.05. The molecule has 1 fully saturated rings. The Morgan fingerprint density at radius 2 is 2.20 bits per heavy atom. The number of aryl methyl sites for hydroxylation is 1. The standard InChI is InChI=1S/C12H16FNO/c1-8-4-11(13)10(6-14)5-12(8)15-7-9-2-3-9/h4-5,9H,2-3,6-7,14H2,1H3. The molecule has 1 aromatic rings. The summed E-state index contributed by atoms with van der Waals surface area (Å²) in [5.41, 5.74) is 6.80. The molecule has 0 heterocycles. The van der Waals surface area contributed by atoms with Gasteiger partial charge in [0.25, 0.3) is 0 Å². The summed E-state index contributed by atoms with van der Waals surface area (Å²) in [5, 5.41) is 0. The summed E-state index contributed by atoms with van der Waals surface area (Å²) in [7, 11) is 0. The molecule has 82 valence electrons. The highest BCUT2D eigenvalue weighted by molar-refractivity contribution is 5.37. The van der Waals surface area contributed by atoms with Crippen molar-refractivity contribution in [1.29, 1.82) is 0 Å². The van der Waals surface area contributed by atoms with Crippen LogP contribution >= 0.6 is 0 Å². The van der Waals surface area contributed by atoms with Crippen LogP contribution in [0.2, 0.25) is 0 Å². The van der Waals surface area contributed by atoms with Crippen molar-refractivity contribution in [2.75, 3.05) is 6.61 Å². The van der Waals surface area contributed by atoms with Crippen LogP contribution in [0.1, 0.15) is 24.0 Å². The van der Waals surface area contributed by atoms with E-state index in [9.17, 15) is 4.39 Å². The molecule has 1 aliphatic rings. The first-order chi connectivity index (χ1) is 7.20. The molecule has 15 heavy (non-hydrogen) atoms. The fourth-order valence-corrected chi connectivity index (χ4v) is 1.50. The Morgan fingerprint density at radius 3 is 2.80 bits per heavy atom. The normalized spacial score (nSPS) is 15.4. The van der Waals surface area contributed by atoms with E-state index in [1.54, 1.807) is 6.07 Å². The summed E-state index contributed by atoms with van der Waals surface area (Å²) in [4.78, 5) is 0. The second-order valence-corrected chi connectivity index (χ2v) is 4.17. The van der Waals surface area contributed by atoms with Crippen molar-refractivity contribution in [3.05, 3.63) is 29.1 Å². The second-order valence-electron chi connectivity index (χ2n) is 4.17. The van der Waals surface area contributed by atoms with E-state index in [1.165, 1.54) is 18.9 Å². The summed E-state index contributed by atoms with van der Waals surface area (Å²) in [5.74, 6) is 1.23. The highest BCUT2D eigenvalue weighted by atomic mass is 19.1. The van der Waals surface area contributed by atoms with Crippen LogP contribution in [0.25, 0.3) is 0 Å². The third kappa shape index (κ3) is 2.48. The number of ether oxygens (including phenoxy) is 1. The van der Waals surface area contributed by atoms with Crippen LogP contribution in [0.5, 0.6) is 5.75 Å². The lowest BCUT2D eigenvalue weighted by molar-refractivity contribution is 0.297. The van der Waals surface area contributed by atoms with E-state index < -0.39 is 0 Å². The summed E-state index contributed by atoms with van der Waals surface area (Å²) < 4.78 is 18.9. The molecule has 0 amide bonds. The second kappa shape index (κ2) is 4.19. The summed E-state index contributed by atoms with van der Waals surface area (Å²) in [6.07, 6.45) is 2.51. The summed E-state index contributed by atoms with van der Waals surface area (Å²) in [6.45, 7) is 2.81. The average Bonchev–Trinajstić information content (AvgIpc) is 3.00. The maximum atomic E-state index is 13.3. The molecule has 0 radical (unpaired) electrons. The van der Waals surface area contributed by atoms with Gasteiger partial charge in [0.15, 0.2) is 0 Å². The molecule has 1 saturated carbocycles. The number of halogens is 1. The van der Waals surface area contributed by atoms with Crippen molar-refractivity contribution < 1.29 is 9.13 Å². The zero-order valence-corrected chi connectivity index (χ0v) is 8.92.